The van der Waals surface area contributed by atoms with Crippen LogP contribution in [-0.4, -0.2) is 95.9 Å². The number of anilines is 1. The molecule has 3 heterocycles. The number of Topliss-reactive ketones (excluding diaryl/α,β-unsaturated/α-hetero) is 1. The van der Waals surface area contributed by atoms with Gasteiger partial charge in [0.2, 0.25) is 0 Å². The number of hydrogen-bond donors (Lipinski definition) is 2. The van der Waals surface area contributed by atoms with E-state index in [9.17, 15) is 29.0 Å². The highest BCUT2D eigenvalue weighted by Gasteiger charge is 2.37. The van der Waals surface area contributed by atoms with Crippen LogP contribution in [0.1, 0.15) is 52.0 Å². The maximum atomic E-state index is 14.6. The van der Waals surface area contributed by atoms with Gasteiger partial charge in [-0.3, -0.25) is 9.59 Å². The zero-order valence-electron chi connectivity index (χ0n) is 25.0. The Hall–Kier alpha value is -3.24. The largest absolute Gasteiger partial charge is 0.465 e. The molecule has 2 saturated heterocycles. The summed E-state index contributed by atoms with van der Waals surface area (Å²) >= 11 is 0. The van der Waals surface area contributed by atoms with E-state index < -0.39 is 30.1 Å². The van der Waals surface area contributed by atoms with E-state index in [1.54, 1.807) is 6.08 Å². The summed E-state index contributed by atoms with van der Waals surface area (Å²) in [5.74, 6) is -1.13. The minimum atomic E-state index is -0.939. The lowest BCUT2D eigenvalue weighted by Gasteiger charge is -2.43. The lowest BCUT2D eigenvalue weighted by atomic mass is 9.80. The first-order valence-electron chi connectivity index (χ1n) is 14.9. The topological polar surface area (TPSA) is 111 Å². The fraction of sp³-hybridized carbons (Fsp3) is 0.594. The normalized spacial score (nSPS) is 31.3. The van der Waals surface area contributed by atoms with Crippen molar-refractivity contribution in [2.45, 2.75) is 64.7 Å². The fourth-order valence-electron chi connectivity index (χ4n) is 6.43. The average molecular weight is 586 g/mol. The lowest BCUT2D eigenvalue weighted by Crippen LogP contribution is -2.57. The van der Waals surface area contributed by atoms with Crippen molar-refractivity contribution in [3.05, 3.63) is 47.3 Å². The molecule has 1 unspecified atom stereocenters. The number of amides is 1. The second-order valence-corrected chi connectivity index (χ2v) is 12.3. The van der Waals surface area contributed by atoms with Crippen LogP contribution in [0.4, 0.5) is 14.9 Å². The molecule has 0 saturated carbocycles. The molecule has 3 aliphatic heterocycles. The smallest absolute Gasteiger partial charge is 0.407 e. The van der Waals surface area contributed by atoms with Gasteiger partial charge in [-0.15, -0.1) is 0 Å². The number of hydrogen-bond acceptors (Lipinski definition) is 7. The predicted octanol–water partition coefficient (Wildman–Crippen LogP) is 4.20. The Morgan fingerprint density at radius 1 is 1.10 bits per heavy atom. The molecule has 1 aromatic rings. The SMILES string of the molecule is C/C(=C\c1cc(F)cc(N2CCC(=O)C2)c1)[C@H]1OC(=O)C[C@H](O)CC[C@H](C)[C@@H](C2CN(C)CCN2C(=O)O)/C=C/[C@@H]1C. The Kier molecular flexibility index (Phi) is 10.4. The van der Waals surface area contributed by atoms with E-state index >= 15 is 0 Å². The number of carbonyl (C=O) groups excluding carboxylic acids is 2. The third kappa shape index (κ3) is 7.98. The molecule has 1 aromatic carbocycles. The van der Waals surface area contributed by atoms with Crippen molar-refractivity contribution in [2.75, 3.05) is 44.7 Å². The molecule has 3 aliphatic rings. The highest BCUT2D eigenvalue weighted by molar-refractivity contribution is 5.87. The molecule has 0 aromatic heterocycles. The highest BCUT2D eigenvalue weighted by Crippen LogP contribution is 2.32. The van der Waals surface area contributed by atoms with E-state index in [1.165, 1.54) is 17.0 Å². The van der Waals surface area contributed by atoms with Gasteiger partial charge in [-0.25, -0.2) is 9.18 Å². The van der Waals surface area contributed by atoms with Crippen LogP contribution >= 0.6 is 0 Å². The Balaban J connectivity index is 1.65. The second-order valence-electron chi connectivity index (χ2n) is 12.3. The first kappa shape index (κ1) is 31.7. The Morgan fingerprint density at radius 2 is 1.86 bits per heavy atom. The van der Waals surface area contributed by atoms with Gasteiger partial charge in [0.25, 0.3) is 0 Å². The first-order chi connectivity index (χ1) is 19.9. The first-order valence-corrected chi connectivity index (χ1v) is 14.9. The number of piperazine rings is 1. The van der Waals surface area contributed by atoms with E-state index in [2.05, 4.69) is 17.9 Å². The number of rotatable bonds is 4. The van der Waals surface area contributed by atoms with Crippen molar-refractivity contribution in [3.63, 3.8) is 0 Å². The molecule has 0 bridgehead atoms. The number of nitrogens with zero attached hydrogens (tertiary/aromatic N) is 3. The molecule has 0 aliphatic carbocycles. The van der Waals surface area contributed by atoms with Crippen LogP contribution in [0.15, 0.2) is 35.9 Å². The van der Waals surface area contributed by atoms with E-state index in [-0.39, 0.29) is 42.5 Å². The van der Waals surface area contributed by atoms with Gasteiger partial charge in [0.15, 0.2) is 5.78 Å². The molecule has 2 fully saturated rings. The van der Waals surface area contributed by atoms with Gasteiger partial charge < -0.3 is 29.6 Å². The molecule has 0 radical (unpaired) electrons. The molecule has 10 heteroatoms. The van der Waals surface area contributed by atoms with Gasteiger partial charge in [0.05, 0.1) is 25.1 Å². The molecule has 230 valence electrons. The minimum Gasteiger partial charge on any atom is -0.465 e. The highest BCUT2D eigenvalue weighted by atomic mass is 19.1. The van der Waals surface area contributed by atoms with Crippen molar-refractivity contribution < 1.29 is 33.7 Å². The summed E-state index contributed by atoms with van der Waals surface area (Å²) in [4.78, 5) is 42.3. The third-order valence-electron chi connectivity index (χ3n) is 8.84. The molecule has 6 atom stereocenters. The van der Waals surface area contributed by atoms with E-state index in [1.807, 2.05) is 37.9 Å². The summed E-state index contributed by atoms with van der Waals surface area (Å²) in [5.41, 5.74) is 1.92. The molecule has 4 rings (SSSR count). The number of esters is 1. The molecular formula is C32H44FN3O6. The molecular weight excluding hydrogens is 541 g/mol. The number of aliphatic hydroxyl groups is 1. The van der Waals surface area contributed by atoms with Gasteiger partial charge in [0, 0.05) is 50.1 Å². The van der Waals surface area contributed by atoms with Crippen molar-refractivity contribution in [1.29, 1.82) is 0 Å². The van der Waals surface area contributed by atoms with E-state index in [0.717, 1.165) is 0 Å². The summed E-state index contributed by atoms with van der Waals surface area (Å²) in [7, 11) is 1.99. The zero-order chi connectivity index (χ0) is 30.6. The van der Waals surface area contributed by atoms with Gasteiger partial charge in [-0.05, 0) is 62.1 Å². The van der Waals surface area contributed by atoms with Crippen molar-refractivity contribution >= 4 is 29.6 Å². The van der Waals surface area contributed by atoms with Gasteiger partial charge in [0.1, 0.15) is 11.9 Å². The Morgan fingerprint density at radius 3 is 2.55 bits per heavy atom. The number of ether oxygens (including phenoxy) is 1. The summed E-state index contributed by atoms with van der Waals surface area (Å²) in [6.07, 6.45) is 4.69. The number of aliphatic hydroxyl groups excluding tert-OH is 1. The molecule has 0 spiro atoms. The number of benzene rings is 1. The van der Waals surface area contributed by atoms with Crippen LogP contribution in [0.2, 0.25) is 0 Å². The number of carbonyl (C=O) groups is 3. The summed E-state index contributed by atoms with van der Waals surface area (Å²) < 4.78 is 20.5. The molecule has 9 nitrogen and oxygen atoms in total. The number of halogens is 1. The van der Waals surface area contributed by atoms with Crippen LogP contribution in [0, 0.1) is 23.6 Å². The van der Waals surface area contributed by atoms with Crippen LogP contribution in [0.3, 0.4) is 0 Å². The maximum Gasteiger partial charge on any atom is 0.407 e. The van der Waals surface area contributed by atoms with Gasteiger partial charge in [-0.2, -0.15) is 0 Å². The Bertz CT molecular complexity index is 1220. The summed E-state index contributed by atoms with van der Waals surface area (Å²) in [5, 5.41) is 20.6. The maximum absolute atomic E-state index is 14.6. The second kappa shape index (κ2) is 13.8. The summed E-state index contributed by atoms with van der Waals surface area (Å²) in [6.45, 7) is 8.33. The van der Waals surface area contributed by atoms with Crippen molar-refractivity contribution in [2.24, 2.45) is 17.8 Å². The van der Waals surface area contributed by atoms with Crippen LogP contribution in [-0.2, 0) is 14.3 Å². The molecule has 2 N–H and O–H groups in total. The summed E-state index contributed by atoms with van der Waals surface area (Å²) in [6, 6.07) is 4.40. The lowest BCUT2D eigenvalue weighted by molar-refractivity contribution is -0.151. The fourth-order valence-corrected chi connectivity index (χ4v) is 6.43. The van der Waals surface area contributed by atoms with Crippen molar-refractivity contribution in [3.8, 4) is 0 Å². The number of likely N-dealkylation sites (N-methyl/N-ethyl adjacent to an activating group) is 1. The quantitative estimate of drug-likeness (QED) is 0.400. The van der Waals surface area contributed by atoms with Crippen LogP contribution in [0.25, 0.3) is 6.08 Å². The number of carboxylic acid groups (broad SMARTS) is 1. The van der Waals surface area contributed by atoms with Crippen LogP contribution < -0.4 is 4.90 Å². The molecule has 1 amide bonds. The zero-order valence-corrected chi connectivity index (χ0v) is 25.0. The van der Waals surface area contributed by atoms with Crippen molar-refractivity contribution in [1.82, 2.24) is 9.80 Å². The third-order valence-corrected chi connectivity index (χ3v) is 8.84. The average Bonchev–Trinajstić information content (AvgIpc) is 3.35. The Labute approximate surface area is 247 Å². The minimum absolute atomic E-state index is 0.0650. The predicted molar refractivity (Wildman–Crippen MR) is 159 cm³/mol. The van der Waals surface area contributed by atoms with Gasteiger partial charge >= 0.3 is 12.1 Å². The van der Waals surface area contributed by atoms with E-state index in [0.29, 0.717) is 62.3 Å². The van der Waals surface area contributed by atoms with Crippen LogP contribution in [0.5, 0.6) is 0 Å². The number of ketones is 1. The molecule has 42 heavy (non-hydrogen) atoms. The standard InChI is InChI=1S/C32H44FN3O6/c1-20-5-7-26(37)17-30(39)42-31(21(2)6-8-28(20)29-19-34(4)11-12-36(29)32(40)41)22(3)13-23-14-24(33)16-25(15-23)35-10-9-27(38)18-35/h6,8,13-16,20-21,26,28-29,31,37H,5,7,9-12,17-19H2,1-4H3,(H,40,41)/b8-6+,22-13+/t20-,21-,26+,28-,29?,31-/m0/s1. The van der Waals surface area contributed by atoms with Gasteiger partial charge in [-0.1, -0.05) is 32.1 Å². The van der Waals surface area contributed by atoms with E-state index in [4.69, 9.17) is 4.74 Å². The number of cyclic esters (lactones) is 1. The monoisotopic (exact) mass is 585 g/mol.